The Hall–Kier alpha value is -0.940. The number of aliphatic hydroxyl groups excluding tert-OH is 1. The van der Waals surface area contributed by atoms with Crippen LogP contribution in [-0.4, -0.2) is 34.1 Å². The number of amides is 2. The van der Waals surface area contributed by atoms with Crippen molar-refractivity contribution in [3.8, 4) is 0 Å². The lowest BCUT2D eigenvalue weighted by Gasteiger charge is -2.17. The number of nitrogens with one attached hydrogen (secondary N) is 1. The molecule has 1 atom stereocenters. The standard InChI is InChI=1S/C7H12N2O3/c1-4(2)8-9-6(11)3-5(10)7(9)12/h4-5,8,10H,3H2,1-2H3. The highest BCUT2D eigenvalue weighted by Crippen LogP contribution is 2.10. The third-order valence-electron chi connectivity index (χ3n) is 1.51. The summed E-state index contributed by atoms with van der Waals surface area (Å²) < 4.78 is 0. The molecule has 1 saturated heterocycles. The van der Waals surface area contributed by atoms with Gasteiger partial charge in [0.25, 0.3) is 5.91 Å². The van der Waals surface area contributed by atoms with Gasteiger partial charge >= 0.3 is 0 Å². The van der Waals surface area contributed by atoms with E-state index in [0.29, 0.717) is 0 Å². The lowest BCUT2D eigenvalue weighted by molar-refractivity contribution is -0.145. The first-order valence-corrected chi connectivity index (χ1v) is 3.83. The van der Waals surface area contributed by atoms with Crippen molar-refractivity contribution >= 4 is 11.8 Å². The van der Waals surface area contributed by atoms with E-state index < -0.39 is 12.0 Å². The van der Waals surface area contributed by atoms with Crippen LogP contribution < -0.4 is 5.43 Å². The number of hydrogen-bond donors (Lipinski definition) is 2. The van der Waals surface area contributed by atoms with Crippen LogP contribution in [0.2, 0.25) is 0 Å². The van der Waals surface area contributed by atoms with Crippen LogP contribution in [0.4, 0.5) is 0 Å². The number of hydrazine groups is 1. The monoisotopic (exact) mass is 172 g/mol. The average molecular weight is 172 g/mol. The second kappa shape index (κ2) is 3.20. The summed E-state index contributed by atoms with van der Waals surface area (Å²) in [7, 11) is 0. The molecule has 1 aliphatic rings. The Bertz CT molecular complexity index is 215. The zero-order valence-corrected chi connectivity index (χ0v) is 7.07. The third kappa shape index (κ3) is 1.62. The van der Waals surface area contributed by atoms with Gasteiger partial charge < -0.3 is 5.11 Å². The van der Waals surface area contributed by atoms with Crippen molar-refractivity contribution < 1.29 is 14.7 Å². The van der Waals surface area contributed by atoms with E-state index >= 15 is 0 Å². The molecule has 0 radical (unpaired) electrons. The Morgan fingerprint density at radius 2 is 2.17 bits per heavy atom. The summed E-state index contributed by atoms with van der Waals surface area (Å²) in [6, 6.07) is 0.00296. The normalized spacial score (nSPS) is 24.3. The summed E-state index contributed by atoms with van der Waals surface area (Å²) in [6.45, 7) is 3.62. The first-order valence-electron chi connectivity index (χ1n) is 3.83. The molecule has 0 saturated carbocycles. The first kappa shape index (κ1) is 9.15. The van der Waals surface area contributed by atoms with E-state index in [1.807, 2.05) is 13.8 Å². The molecule has 68 valence electrons. The highest BCUT2D eigenvalue weighted by Gasteiger charge is 2.37. The molecule has 2 N–H and O–H groups in total. The molecule has 1 heterocycles. The van der Waals surface area contributed by atoms with E-state index in [1.54, 1.807) is 0 Å². The van der Waals surface area contributed by atoms with Crippen molar-refractivity contribution in [1.82, 2.24) is 10.4 Å². The summed E-state index contributed by atoms with van der Waals surface area (Å²) in [5.41, 5.74) is 2.65. The second-order valence-electron chi connectivity index (χ2n) is 3.07. The Labute approximate surface area is 70.3 Å². The molecule has 0 aromatic carbocycles. The van der Waals surface area contributed by atoms with Crippen molar-refractivity contribution in [2.45, 2.75) is 32.4 Å². The molecule has 0 aromatic rings. The Morgan fingerprint density at radius 1 is 1.58 bits per heavy atom. The van der Waals surface area contributed by atoms with Gasteiger partial charge in [0.1, 0.15) is 6.10 Å². The summed E-state index contributed by atoms with van der Waals surface area (Å²) in [5, 5.41) is 9.88. The molecular formula is C7H12N2O3. The maximum atomic E-state index is 11.0. The summed E-state index contributed by atoms with van der Waals surface area (Å²) in [4.78, 5) is 22.1. The van der Waals surface area contributed by atoms with E-state index in [4.69, 9.17) is 5.11 Å². The van der Waals surface area contributed by atoms with Gasteiger partial charge in [-0.15, -0.1) is 0 Å². The van der Waals surface area contributed by atoms with Crippen molar-refractivity contribution in [2.24, 2.45) is 0 Å². The van der Waals surface area contributed by atoms with Gasteiger partial charge in [0.05, 0.1) is 6.42 Å². The fraction of sp³-hybridized carbons (Fsp3) is 0.714. The van der Waals surface area contributed by atoms with Crippen LogP contribution in [0.5, 0.6) is 0 Å². The van der Waals surface area contributed by atoms with Crippen LogP contribution >= 0.6 is 0 Å². The Morgan fingerprint density at radius 3 is 2.50 bits per heavy atom. The van der Waals surface area contributed by atoms with E-state index in [2.05, 4.69) is 5.43 Å². The van der Waals surface area contributed by atoms with E-state index in [9.17, 15) is 9.59 Å². The van der Waals surface area contributed by atoms with Gasteiger partial charge in [0, 0.05) is 6.04 Å². The molecule has 2 amide bonds. The number of rotatable bonds is 2. The molecule has 1 aliphatic heterocycles. The zero-order chi connectivity index (χ0) is 9.30. The Kier molecular flexibility index (Phi) is 2.44. The van der Waals surface area contributed by atoms with Crippen molar-refractivity contribution in [3.05, 3.63) is 0 Å². The molecule has 0 aromatic heterocycles. The predicted molar refractivity (Wildman–Crippen MR) is 40.7 cm³/mol. The van der Waals surface area contributed by atoms with Gasteiger partial charge in [0.15, 0.2) is 0 Å². The maximum Gasteiger partial charge on any atom is 0.273 e. The molecule has 1 rings (SSSR count). The fourth-order valence-electron chi connectivity index (χ4n) is 1.01. The minimum Gasteiger partial charge on any atom is -0.383 e. The van der Waals surface area contributed by atoms with Crippen LogP contribution in [0.1, 0.15) is 20.3 Å². The molecule has 0 spiro atoms. The van der Waals surface area contributed by atoms with Crippen LogP contribution in [-0.2, 0) is 9.59 Å². The molecule has 5 heteroatoms. The van der Waals surface area contributed by atoms with Gasteiger partial charge in [-0.05, 0) is 13.8 Å². The van der Waals surface area contributed by atoms with Gasteiger partial charge in [-0.3, -0.25) is 9.59 Å². The quantitative estimate of drug-likeness (QED) is 0.525. The lowest BCUT2D eigenvalue weighted by Crippen LogP contribution is -2.46. The lowest BCUT2D eigenvalue weighted by atomic mass is 10.3. The summed E-state index contributed by atoms with van der Waals surface area (Å²) in [6.07, 6.45) is -1.28. The second-order valence-corrected chi connectivity index (χ2v) is 3.07. The number of carbonyl (C=O) groups is 2. The zero-order valence-electron chi connectivity index (χ0n) is 7.07. The predicted octanol–water partition coefficient (Wildman–Crippen LogP) is -0.981. The van der Waals surface area contributed by atoms with E-state index in [1.165, 1.54) is 0 Å². The molecule has 12 heavy (non-hydrogen) atoms. The van der Waals surface area contributed by atoms with Crippen LogP contribution in [0, 0.1) is 0 Å². The fourth-order valence-corrected chi connectivity index (χ4v) is 1.01. The molecule has 1 unspecified atom stereocenters. The summed E-state index contributed by atoms with van der Waals surface area (Å²) >= 11 is 0. The van der Waals surface area contributed by atoms with Gasteiger partial charge in [-0.2, -0.15) is 0 Å². The number of carbonyl (C=O) groups excluding carboxylic acids is 2. The van der Waals surface area contributed by atoms with Crippen LogP contribution in [0.25, 0.3) is 0 Å². The minimum atomic E-state index is -1.16. The number of nitrogens with zero attached hydrogens (tertiary/aromatic N) is 1. The van der Waals surface area contributed by atoms with Crippen molar-refractivity contribution in [2.75, 3.05) is 0 Å². The Balaban J connectivity index is 2.64. The maximum absolute atomic E-state index is 11.0. The van der Waals surface area contributed by atoms with Gasteiger partial charge in [-0.25, -0.2) is 10.4 Å². The molecule has 5 nitrogen and oxygen atoms in total. The van der Waals surface area contributed by atoms with E-state index in [-0.39, 0.29) is 18.4 Å². The van der Waals surface area contributed by atoms with Crippen LogP contribution in [0.15, 0.2) is 0 Å². The van der Waals surface area contributed by atoms with Crippen molar-refractivity contribution in [1.29, 1.82) is 0 Å². The first-order chi connectivity index (χ1) is 5.52. The smallest absolute Gasteiger partial charge is 0.273 e. The average Bonchev–Trinajstić information content (AvgIpc) is 2.16. The largest absolute Gasteiger partial charge is 0.383 e. The van der Waals surface area contributed by atoms with Crippen molar-refractivity contribution in [3.63, 3.8) is 0 Å². The number of imide groups is 1. The number of hydrogen-bond acceptors (Lipinski definition) is 4. The van der Waals surface area contributed by atoms with Gasteiger partial charge in [0.2, 0.25) is 5.91 Å². The SMILES string of the molecule is CC(C)NN1C(=O)CC(O)C1=O. The topological polar surface area (TPSA) is 69.6 Å². The molecule has 1 fully saturated rings. The number of aliphatic hydroxyl groups is 1. The molecule has 0 aliphatic carbocycles. The minimum absolute atomic E-state index is 0.00296. The molecule has 0 bridgehead atoms. The highest BCUT2D eigenvalue weighted by molar-refractivity contribution is 6.04. The van der Waals surface area contributed by atoms with E-state index in [0.717, 1.165) is 5.01 Å². The van der Waals surface area contributed by atoms with Crippen LogP contribution in [0.3, 0.4) is 0 Å². The highest BCUT2D eigenvalue weighted by atomic mass is 16.3. The molecular weight excluding hydrogens is 160 g/mol. The summed E-state index contributed by atoms with van der Waals surface area (Å²) in [5.74, 6) is -0.935. The third-order valence-corrected chi connectivity index (χ3v) is 1.51. The van der Waals surface area contributed by atoms with Gasteiger partial charge in [-0.1, -0.05) is 0 Å².